The summed E-state index contributed by atoms with van der Waals surface area (Å²) in [6.07, 6.45) is 1.52. The summed E-state index contributed by atoms with van der Waals surface area (Å²) in [6, 6.07) is 5.64. The molecule has 6 heteroatoms. The fourth-order valence-corrected chi connectivity index (χ4v) is 1.86. The van der Waals surface area contributed by atoms with Crippen molar-refractivity contribution in [1.82, 2.24) is 0 Å². The normalized spacial score (nSPS) is 14.0. The lowest BCUT2D eigenvalue weighted by Crippen LogP contribution is -2.11. The second kappa shape index (κ2) is 3.57. The van der Waals surface area contributed by atoms with Gasteiger partial charge in [-0.2, -0.15) is 0 Å². The summed E-state index contributed by atoms with van der Waals surface area (Å²) in [5.74, 6) is 0. The SMILES string of the molecule is CS(=O)c1ccc(S(N)(=O)=O)cc1. The van der Waals surface area contributed by atoms with Crippen molar-refractivity contribution < 1.29 is 12.6 Å². The Morgan fingerprint density at radius 3 is 2.00 bits per heavy atom. The molecular formula is C7H9NO3S2. The third kappa shape index (κ3) is 2.61. The maximum atomic E-state index is 10.9. The van der Waals surface area contributed by atoms with E-state index in [1.807, 2.05) is 0 Å². The molecule has 2 N–H and O–H groups in total. The Kier molecular flexibility index (Phi) is 2.84. The van der Waals surface area contributed by atoms with Crippen LogP contribution in [0.15, 0.2) is 34.1 Å². The molecule has 0 heterocycles. The number of rotatable bonds is 2. The van der Waals surface area contributed by atoms with Gasteiger partial charge in [-0.25, -0.2) is 13.6 Å². The van der Waals surface area contributed by atoms with E-state index in [0.29, 0.717) is 4.90 Å². The van der Waals surface area contributed by atoms with Gasteiger partial charge in [0.25, 0.3) is 0 Å². The molecular weight excluding hydrogens is 210 g/mol. The standard InChI is InChI=1S/C7H9NO3S2/c1-12(9)6-2-4-7(5-3-6)13(8,10)11/h2-5H,1H3,(H2,8,10,11). The first-order valence-corrected chi connectivity index (χ1v) is 6.48. The van der Waals surface area contributed by atoms with E-state index in [0.717, 1.165) is 0 Å². The Morgan fingerprint density at radius 1 is 1.23 bits per heavy atom. The summed E-state index contributed by atoms with van der Waals surface area (Å²) in [7, 11) is -4.74. The maximum absolute atomic E-state index is 10.9. The molecule has 1 atom stereocenters. The van der Waals surface area contributed by atoms with Crippen LogP contribution in [0.5, 0.6) is 0 Å². The van der Waals surface area contributed by atoms with Gasteiger partial charge < -0.3 is 0 Å². The van der Waals surface area contributed by atoms with Crippen molar-refractivity contribution in [1.29, 1.82) is 0 Å². The average Bonchev–Trinajstić information content (AvgIpc) is 2.03. The van der Waals surface area contributed by atoms with E-state index in [-0.39, 0.29) is 4.90 Å². The van der Waals surface area contributed by atoms with E-state index in [1.165, 1.54) is 30.5 Å². The fourth-order valence-electron chi connectivity index (χ4n) is 0.821. The van der Waals surface area contributed by atoms with Crippen LogP contribution in [0.4, 0.5) is 0 Å². The predicted octanol–water partition coefficient (Wildman–Crippen LogP) is 0.0714. The van der Waals surface area contributed by atoms with E-state index in [2.05, 4.69) is 0 Å². The van der Waals surface area contributed by atoms with Crippen LogP contribution in [0.1, 0.15) is 0 Å². The second-order valence-corrected chi connectivity index (χ2v) is 5.41. The quantitative estimate of drug-likeness (QED) is 0.764. The number of benzene rings is 1. The molecule has 0 saturated heterocycles. The highest BCUT2D eigenvalue weighted by Crippen LogP contribution is 2.10. The molecule has 0 amide bonds. The molecule has 0 aliphatic heterocycles. The van der Waals surface area contributed by atoms with E-state index < -0.39 is 20.8 Å². The van der Waals surface area contributed by atoms with Gasteiger partial charge in [-0.3, -0.25) is 4.21 Å². The first kappa shape index (κ1) is 10.4. The molecule has 0 aromatic heterocycles. The summed E-state index contributed by atoms with van der Waals surface area (Å²) >= 11 is 0. The van der Waals surface area contributed by atoms with Crippen LogP contribution in [0.3, 0.4) is 0 Å². The molecule has 13 heavy (non-hydrogen) atoms. The average molecular weight is 219 g/mol. The summed E-state index contributed by atoms with van der Waals surface area (Å²) in [6.45, 7) is 0. The van der Waals surface area contributed by atoms with Crippen LogP contribution in [0, 0.1) is 0 Å². The van der Waals surface area contributed by atoms with Crippen molar-refractivity contribution in [2.75, 3.05) is 6.26 Å². The Labute approximate surface area is 79.3 Å². The van der Waals surface area contributed by atoms with E-state index in [9.17, 15) is 12.6 Å². The van der Waals surface area contributed by atoms with Gasteiger partial charge in [-0.05, 0) is 24.3 Å². The summed E-state index contributed by atoms with van der Waals surface area (Å²) in [4.78, 5) is 0.606. The van der Waals surface area contributed by atoms with E-state index in [1.54, 1.807) is 0 Å². The lowest BCUT2D eigenvalue weighted by Gasteiger charge is -1.98. The van der Waals surface area contributed by atoms with Crippen molar-refractivity contribution in [3.63, 3.8) is 0 Å². The number of primary sulfonamides is 1. The van der Waals surface area contributed by atoms with Crippen LogP contribution in [-0.4, -0.2) is 18.9 Å². The molecule has 0 fully saturated rings. The topological polar surface area (TPSA) is 77.2 Å². The number of nitrogens with two attached hydrogens (primary N) is 1. The third-order valence-electron chi connectivity index (χ3n) is 1.48. The molecule has 0 aliphatic carbocycles. The van der Waals surface area contributed by atoms with Gasteiger partial charge in [0.05, 0.1) is 4.90 Å². The van der Waals surface area contributed by atoms with Crippen LogP contribution < -0.4 is 5.14 Å². The zero-order valence-electron chi connectivity index (χ0n) is 6.93. The van der Waals surface area contributed by atoms with Gasteiger partial charge in [0.2, 0.25) is 10.0 Å². The zero-order valence-corrected chi connectivity index (χ0v) is 8.56. The molecule has 72 valence electrons. The summed E-state index contributed by atoms with van der Waals surface area (Å²) in [5, 5.41) is 4.88. The van der Waals surface area contributed by atoms with Crippen molar-refractivity contribution in [3.05, 3.63) is 24.3 Å². The molecule has 1 unspecified atom stereocenters. The maximum Gasteiger partial charge on any atom is 0.238 e. The van der Waals surface area contributed by atoms with Gasteiger partial charge in [0.1, 0.15) is 0 Å². The molecule has 0 saturated carbocycles. The zero-order chi connectivity index (χ0) is 10.1. The van der Waals surface area contributed by atoms with Crippen LogP contribution in [-0.2, 0) is 20.8 Å². The highest BCUT2D eigenvalue weighted by atomic mass is 32.2. The second-order valence-electron chi connectivity index (χ2n) is 2.47. The Hall–Kier alpha value is -0.720. The predicted molar refractivity (Wildman–Crippen MR) is 50.1 cm³/mol. The van der Waals surface area contributed by atoms with Crippen molar-refractivity contribution in [2.24, 2.45) is 5.14 Å². The van der Waals surface area contributed by atoms with Gasteiger partial charge in [0, 0.05) is 22.0 Å². The van der Waals surface area contributed by atoms with Gasteiger partial charge in [-0.1, -0.05) is 0 Å². The fraction of sp³-hybridized carbons (Fsp3) is 0.143. The lowest BCUT2D eigenvalue weighted by molar-refractivity contribution is 0.597. The van der Waals surface area contributed by atoms with Crippen molar-refractivity contribution in [3.8, 4) is 0 Å². The Balaban J connectivity index is 3.16. The minimum absolute atomic E-state index is 0.0294. The number of hydrogen-bond acceptors (Lipinski definition) is 3. The van der Waals surface area contributed by atoms with Gasteiger partial charge in [-0.15, -0.1) is 0 Å². The monoisotopic (exact) mass is 219 g/mol. The Bertz CT molecular complexity index is 422. The molecule has 4 nitrogen and oxygen atoms in total. The molecule has 1 aromatic rings. The van der Waals surface area contributed by atoms with Crippen LogP contribution in [0.25, 0.3) is 0 Å². The van der Waals surface area contributed by atoms with Crippen molar-refractivity contribution in [2.45, 2.75) is 9.79 Å². The van der Waals surface area contributed by atoms with E-state index >= 15 is 0 Å². The highest BCUT2D eigenvalue weighted by Gasteiger charge is 2.07. The summed E-state index contributed by atoms with van der Waals surface area (Å²) < 4.78 is 32.6. The molecule has 0 bridgehead atoms. The minimum Gasteiger partial charge on any atom is -0.255 e. The minimum atomic E-state index is -3.64. The van der Waals surface area contributed by atoms with Crippen molar-refractivity contribution >= 4 is 20.8 Å². The molecule has 0 spiro atoms. The van der Waals surface area contributed by atoms with Gasteiger partial charge >= 0.3 is 0 Å². The van der Waals surface area contributed by atoms with Gasteiger partial charge in [0.15, 0.2) is 0 Å². The smallest absolute Gasteiger partial charge is 0.238 e. The third-order valence-corrected chi connectivity index (χ3v) is 3.35. The lowest BCUT2D eigenvalue weighted by atomic mass is 10.4. The number of hydrogen-bond donors (Lipinski definition) is 1. The molecule has 0 aliphatic rings. The first-order valence-electron chi connectivity index (χ1n) is 3.37. The highest BCUT2D eigenvalue weighted by molar-refractivity contribution is 7.89. The number of sulfonamides is 1. The van der Waals surface area contributed by atoms with Crippen LogP contribution in [0.2, 0.25) is 0 Å². The summed E-state index contributed by atoms with van der Waals surface area (Å²) in [5.41, 5.74) is 0. The molecule has 1 rings (SSSR count). The Morgan fingerprint density at radius 2 is 1.69 bits per heavy atom. The van der Waals surface area contributed by atoms with Crippen LogP contribution >= 0.6 is 0 Å². The first-order chi connectivity index (χ1) is 5.91. The molecule has 0 radical (unpaired) electrons. The van der Waals surface area contributed by atoms with E-state index in [4.69, 9.17) is 5.14 Å². The largest absolute Gasteiger partial charge is 0.255 e. The molecule has 1 aromatic carbocycles.